The Hall–Kier alpha value is -2.04. The fourth-order valence-corrected chi connectivity index (χ4v) is 4.91. The van der Waals surface area contributed by atoms with Gasteiger partial charge in [-0.05, 0) is 66.2 Å². The van der Waals surface area contributed by atoms with E-state index in [1.165, 1.54) is 30.2 Å². The van der Waals surface area contributed by atoms with Crippen LogP contribution in [-0.4, -0.2) is 63.3 Å². The summed E-state index contributed by atoms with van der Waals surface area (Å²) in [5, 5.41) is 0.241. The Morgan fingerprint density at radius 2 is 1.82 bits per heavy atom. The van der Waals surface area contributed by atoms with E-state index in [-0.39, 0.29) is 35.2 Å². The number of nitrogens with one attached hydrogen (secondary N) is 1. The molecule has 1 aliphatic rings. The minimum Gasteiger partial charge on any atom is -0.495 e. The topological polar surface area (TPSA) is 111 Å². The Morgan fingerprint density at radius 3 is 2.36 bits per heavy atom. The van der Waals surface area contributed by atoms with Gasteiger partial charge >= 0.3 is 12.1 Å². The number of benzene rings is 1. The summed E-state index contributed by atoms with van der Waals surface area (Å²) in [4.78, 5) is 26.3. The number of hydrogen-bond donors (Lipinski definition) is 1. The van der Waals surface area contributed by atoms with Crippen LogP contribution in [0.1, 0.15) is 48.0 Å². The second kappa shape index (κ2) is 10.1. The molecule has 0 aliphatic carbocycles. The van der Waals surface area contributed by atoms with Crippen molar-refractivity contribution in [3.63, 3.8) is 0 Å². The van der Waals surface area contributed by atoms with Gasteiger partial charge < -0.3 is 19.1 Å². The lowest BCUT2D eigenvalue weighted by molar-refractivity contribution is -0.154. The molecule has 0 unspecified atom stereocenters. The highest BCUT2D eigenvalue weighted by Crippen LogP contribution is 2.29. The lowest BCUT2D eigenvalue weighted by Gasteiger charge is -2.29. The number of sulfonamides is 1. The summed E-state index contributed by atoms with van der Waals surface area (Å²) < 4.78 is 44.8. The smallest absolute Gasteiger partial charge is 0.410 e. The van der Waals surface area contributed by atoms with Crippen LogP contribution in [0, 0.1) is 5.41 Å². The number of halogens is 1. The van der Waals surface area contributed by atoms with Gasteiger partial charge in [0.25, 0.3) is 0 Å². The molecule has 1 fully saturated rings. The largest absolute Gasteiger partial charge is 0.495 e. The zero-order valence-corrected chi connectivity index (χ0v) is 21.7. The lowest BCUT2D eigenvalue weighted by Crippen LogP contribution is -2.43. The normalized spacial score (nSPS) is 19.3. The minimum atomic E-state index is -4.02. The van der Waals surface area contributed by atoms with Crippen molar-refractivity contribution in [3.05, 3.63) is 23.2 Å². The predicted octanol–water partition coefficient (Wildman–Crippen LogP) is 3.59. The fraction of sp³-hybridized carbons (Fsp3) is 0.636. The van der Waals surface area contributed by atoms with Crippen LogP contribution in [0.3, 0.4) is 0 Å². The number of carbonyl (C=O) groups excluding carboxylic acids is 2. The Balaban J connectivity index is 2.24. The molecule has 2 rings (SSSR count). The lowest BCUT2D eigenvalue weighted by atomic mass is 9.97. The first kappa shape index (κ1) is 27.2. The summed E-state index contributed by atoms with van der Waals surface area (Å²) in [5.41, 5.74) is -1.45. The summed E-state index contributed by atoms with van der Waals surface area (Å²) in [6.45, 7) is 10.4. The van der Waals surface area contributed by atoms with Crippen molar-refractivity contribution in [1.82, 2.24) is 9.62 Å². The van der Waals surface area contributed by atoms with Crippen molar-refractivity contribution in [2.45, 2.75) is 70.5 Å². The van der Waals surface area contributed by atoms with E-state index >= 15 is 0 Å². The molecule has 0 aromatic heterocycles. The maximum absolute atomic E-state index is 13.1. The predicted molar refractivity (Wildman–Crippen MR) is 124 cm³/mol. The molecule has 1 aliphatic heterocycles. The molecule has 33 heavy (non-hydrogen) atoms. The highest BCUT2D eigenvalue weighted by Gasteiger charge is 2.40. The molecule has 1 saturated heterocycles. The van der Waals surface area contributed by atoms with Crippen LogP contribution in [-0.2, 0) is 24.3 Å². The molecular formula is C22H33ClN2O7S. The SMILES string of the molecule is COc1ccc(Cl)cc1S(=O)(=O)N[C@@H]1C[C@H](COC(=O)C(C)(C)C)N(C(=O)OC(C)(C)C)C1. The van der Waals surface area contributed by atoms with Gasteiger partial charge in [-0.1, -0.05) is 11.6 Å². The number of hydrogen-bond acceptors (Lipinski definition) is 7. The first-order valence-electron chi connectivity index (χ1n) is 10.6. The third kappa shape index (κ3) is 7.48. The Labute approximate surface area is 200 Å². The number of rotatable bonds is 6. The molecule has 0 spiro atoms. The average Bonchev–Trinajstić information content (AvgIpc) is 3.06. The van der Waals surface area contributed by atoms with Gasteiger partial charge in [0.15, 0.2) is 0 Å². The third-order valence-electron chi connectivity index (χ3n) is 4.80. The summed E-state index contributed by atoms with van der Waals surface area (Å²) in [6.07, 6.45) is -0.375. The van der Waals surface area contributed by atoms with Gasteiger partial charge in [-0.15, -0.1) is 0 Å². The van der Waals surface area contributed by atoms with E-state index < -0.39 is 45.2 Å². The molecule has 1 heterocycles. The molecule has 0 radical (unpaired) electrons. The van der Waals surface area contributed by atoms with E-state index in [0.717, 1.165) is 0 Å². The number of carbonyl (C=O) groups is 2. The van der Waals surface area contributed by atoms with Gasteiger partial charge in [-0.2, -0.15) is 0 Å². The van der Waals surface area contributed by atoms with Crippen LogP contribution >= 0.6 is 11.6 Å². The quantitative estimate of drug-likeness (QED) is 0.589. The number of likely N-dealkylation sites (tertiary alicyclic amines) is 1. The van der Waals surface area contributed by atoms with Gasteiger partial charge in [0.1, 0.15) is 22.9 Å². The molecule has 9 nitrogen and oxygen atoms in total. The third-order valence-corrected chi connectivity index (χ3v) is 6.58. The Morgan fingerprint density at radius 1 is 1.18 bits per heavy atom. The highest BCUT2D eigenvalue weighted by molar-refractivity contribution is 7.89. The molecule has 11 heteroatoms. The van der Waals surface area contributed by atoms with Crippen LogP contribution in [0.4, 0.5) is 4.79 Å². The van der Waals surface area contributed by atoms with Gasteiger partial charge in [0.05, 0.1) is 18.6 Å². The summed E-state index contributed by atoms with van der Waals surface area (Å²) in [7, 11) is -2.65. The van der Waals surface area contributed by atoms with E-state index in [2.05, 4.69) is 4.72 Å². The van der Waals surface area contributed by atoms with Crippen molar-refractivity contribution < 1.29 is 32.2 Å². The van der Waals surface area contributed by atoms with Crippen LogP contribution in [0.5, 0.6) is 5.75 Å². The fourth-order valence-electron chi connectivity index (χ4n) is 3.24. The zero-order valence-electron chi connectivity index (χ0n) is 20.1. The second-order valence-electron chi connectivity index (χ2n) is 9.98. The maximum atomic E-state index is 13.1. The number of esters is 1. The molecular weight excluding hydrogens is 472 g/mol. The number of methoxy groups -OCH3 is 1. The first-order chi connectivity index (χ1) is 15.0. The van der Waals surface area contributed by atoms with E-state index in [4.69, 9.17) is 25.8 Å². The Bertz CT molecular complexity index is 983. The van der Waals surface area contributed by atoms with Crippen molar-refractivity contribution in [1.29, 1.82) is 0 Å². The molecule has 2 atom stereocenters. The van der Waals surface area contributed by atoms with Gasteiger partial charge in [-0.3, -0.25) is 4.79 Å². The van der Waals surface area contributed by atoms with Crippen LogP contribution in [0.2, 0.25) is 5.02 Å². The monoisotopic (exact) mass is 504 g/mol. The average molecular weight is 505 g/mol. The zero-order chi connectivity index (χ0) is 25.2. The number of nitrogens with zero attached hydrogens (tertiary/aromatic N) is 1. The minimum absolute atomic E-state index is 0.0504. The van der Waals surface area contributed by atoms with Crippen molar-refractivity contribution >= 4 is 33.7 Å². The van der Waals surface area contributed by atoms with Gasteiger partial charge in [0, 0.05) is 17.6 Å². The standard InChI is InChI=1S/C22H33ClN2O7S/c1-21(2,3)19(26)31-13-16-11-15(12-25(16)20(27)32-22(4,5)6)24-33(28,29)18-10-14(23)8-9-17(18)30-7/h8-10,15-16,24H,11-13H2,1-7H3/t15-,16-/m1/s1. The van der Waals surface area contributed by atoms with Gasteiger partial charge in [-0.25, -0.2) is 17.9 Å². The van der Waals surface area contributed by atoms with Crippen molar-refractivity contribution in [3.8, 4) is 5.75 Å². The highest BCUT2D eigenvalue weighted by atomic mass is 35.5. The van der Waals surface area contributed by atoms with Crippen LogP contribution in [0.15, 0.2) is 23.1 Å². The number of amides is 1. The first-order valence-corrected chi connectivity index (χ1v) is 12.4. The molecule has 1 amide bonds. The van der Waals surface area contributed by atoms with E-state index in [0.29, 0.717) is 0 Å². The molecule has 1 aromatic rings. The molecule has 0 bridgehead atoms. The summed E-state index contributed by atoms with van der Waals surface area (Å²) in [6, 6.07) is 3.10. The van der Waals surface area contributed by atoms with E-state index in [9.17, 15) is 18.0 Å². The summed E-state index contributed by atoms with van der Waals surface area (Å²) >= 11 is 5.99. The number of ether oxygens (including phenoxy) is 3. The molecule has 0 saturated carbocycles. The van der Waals surface area contributed by atoms with Crippen molar-refractivity contribution in [2.24, 2.45) is 5.41 Å². The van der Waals surface area contributed by atoms with E-state index in [1.807, 2.05) is 0 Å². The van der Waals surface area contributed by atoms with Gasteiger partial charge in [0.2, 0.25) is 10.0 Å². The van der Waals surface area contributed by atoms with Crippen LogP contribution in [0.25, 0.3) is 0 Å². The summed E-state index contributed by atoms with van der Waals surface area (Å²) in [5.74, 6) is -0.274. The van der Waals surface area contributed by atoms with Crippen LogP contribution < -0.4 is 9.46 Å². The molecule has 186 valence electrons. The maximum Gasteiger partial charge on any atom is 0.410 e. The molecule has 1 aromatic carbocycles. The second-order valence-corrected chi connectivity index (χ2v) is 12.1. The van der Waals surface area contributed by atoms with Crippen molar-refractivity contribution in [2.75, 3.05) is 20.3 Å². The Kier molecular flexibility index (Phi) is 8.30. The van der Waals surface area contributed by atoms with E-state index in [1.54, 1.807) is 41.5 Å². The molecule has 1 N–H and O–H groups in total.